The number of carboxylic acid groups (broad SMARTS) is 1. The lowest BCUT2D eigenvalue weighted by Gasteiger charge is -2.16. The van der Waals surface area contributed by atoms with Gasteiger partial charge in [-0.25, -0.2) is 17.5 Å². The quantitative estimate of drug-likeness (QED) is 0.864. The monoisotopic (exact) mass is 335 g/mol. The SMILES string of the molecule is O=C(O)C1CCCC1CNS(=O)(=O)c1cc(F)ccc1Cl. The van der Waals surface area contributed by atoms with Crippen molar-refractivity contribution in [1.29, 1.82) is 0 Å². The predicted molar refractivity (Wildman–Crippen MR) is 75.1 cm³/mol. The Labute approximate surface area is 127 Å². The van der Waals surface area contributed by atoms with Crippen molar-refractivity contribution in [1.82, 2.24) is 4.72 Å². The molecular formula is C13H15ClFNO4S. The Morgan fingerprint density at radius 1 is 1.43 bits per heavy atom. The third-order valence-corrected chi connectivity index (χ3v) is 5.60. The number of hydrogen-bond acceptors (Lipinski definition) is 3. The number of hydrogen-bond donors (Lipinski definition) is 2. The number of carbonyl (C=O) groups is 1. The van der Waals surface area contributed by atoms with Crippen LogP contribution in [0.25, 0.3) is 0 Å². The van der Waals surface area contributed by atoms with Crippen LogP contribution in [-0.4, -0.2) is 26.0 Å². The highest BCUT2D eigenvalue weighted by Crippen LogP contribution is 2.32. The van der Waals surface area contributed by atoms with E-state index >= 15 is 0 Å². The Bertz CT molecular complexity index is 650. The first kappa shape index (κ1) is 16.2. The van der Waals surface area contributed by atoms with Crippen molar-refractivity contribution in [2.24, 2.45) is 11.8 Å². The fourth-order valence-corrected chi connectivity index (χ4v) is 4.19. The molecular weight excluding hydrogens is 321 g/mol. The molecule has 1 aliphatic rings. The number of sulfonamides is 1. The van der Waals surface area contributed by atoms with Gasteiger partial charge in [0.25, 0.3) is 0 Å². The summed E-state index contributed by atoms with van der Waals surface area (Å²) in [5, 5.41) is 8.98. The van der Waals surface area contributed by atoms with E-state index in [1.807, 2.05) is 0 Å². The second-order valence-electron chi connectivity index (χ2n) is 5.06. The Kier molecular flexibility index (Phi) is 4.85. The molecule has 116 valence electrons. The fraction of sp³-hybridized carbons (Fsp3) is 0.462. The maximum atomic E-state index is 13.2. The third-order valence-electron chi connectivity index (χ3n) is 3.69. The highest BCUT2D eigenvalue weighted by molar-refractivity contribution is 7.89. The molecule has 0 bridgehead atoms. The number of benzene rings is 1. The molecule has 0 amide bonds. The molecule has 8 heteroatoms. The summed E-state index contributed by atoms with van der Waals surface area (Å²) >= 11 is 5.78. The molecule has 1 saturated carbocycles. The first-order valence-corrected chi connectivity index (χ1v) is 8.35. The zero-order valence-electron chi connectivity index (χ0n) is 11.1. The van der Waals surface area contributed by atoms with Gasteiger partial charge in [-0.15, -0.1) is 0 Å². The molecule has 1 fully saturated rings. The minimum atomic E-state index is -3.96. The second kappa shape index (κ2) is 6.29. The average molecular weight is 336 g/mol. The van der Waals surface area contributed by atoms with Crippen molar-refractivity contribution in [3.63, 3.8) is 0 Å². The average Bonchev–Trinajstić information content (AvgIpc) is 2.88. The van der Waals surface area contributed by atoms with Crippen molar-refractivity contribution in [3.05, 3.63) is 29.0 Å². The Balaban J connectivity index is 2.11. The lowest BCUT2D eigenvalue weighted by Crippen LogP contribution is -2.33. The van der Waals surface area contributed by atoms with E-state index in [0.29, 0.717) is 12.8 Å². The molecule has 2 atom stereocenters. The molecule has 1 aromatic carbocycles. The van der Waals surface area contributed by atoms with Gasteiger partial charge in [0.15, 0.2) is 0 Å². The van der Waals surface area contributed by atoms with Gasteiger partial charge >= 0.3 is 5.97 Å². The van der Waals surface area contributed by atoms with Crippen molar-refractivity contribution in [2.45, 2.75) is 24.2 Å². The molecule has 1 aromatic rings. The molecule has 2 unspecified atom stereocenters. The van der Waals surface area contributed by atoms with Crippen molar-refractivity contribution >= 4 is 27.6 Å². The Morgan fingerprint density at radius 2 is 2.14 bits per heavy atom. The molecule has 0 spiro atoms. The summed E-state index contributed by atoms with van der Waals surface area (Å²) in [5.41, 5.74) is 0. The number of rotatable bonds is 5. The zero-order chi connectivity index (χ0) is 15.6. The summed E-state index contributed by atoms with van der Waals surface area (Å²) in [5.74, 6) is -2.43. The van der Waals surface area contributed by atoms with E-state index < -0.39 is 27.7 Å². The molecule has 2 N–H and O–H groups in total. The van der Waals surface area contributed by atoms with E-state index in [-0.39, 0.29) is 22.4 Å². The second-order valence-corrected chi connectivity index (χ2v) is 7.20. The maximum Gasteiger partial charge on any atom is 0.306 e. The minimum absolute atomic E-state index is 0.00609. The summed E-state index contributed by atoms with van der Waals surface area (Å²) < 4.78 is 39.7. The highest BCUT2D eigenvalue weighted by atomic mass is 35.5. The maximum absolute atomic E-state index is 13.2. The van der Waals surface area contributed by atoms with Crippen LogP contribution in [0.3, 0.4) is 0 Å². The molecule has 0 saturated heterocycles. The topological polar surface area (TPSA) is 83.5 Å². The summed E-state index contributed by atoms with van der Waals surface area (Å²) in [6.45, 7) is 0.00609. The van der Waals surface area contributed by atoms with Gasteiger partial charge in [-0.05, 0) is 37.0 Å². The summed E-state index contributed by atoms with van der Waals surface area (Å²) in [4.78, 5) is 10.7. The highest BCUT2D eigenvalue weighted by Gasteiger charge is 2.33. The lowest BCUT2D eigenvalue weighted by atomic mass is 9.97. The van der Waals surface area contributed by atoms with Gasteiger partial charge in [0.05, 0.1) is 10.9 Å². The molecule has 0 aromatic heterocycles. The normalized spacial score (nSPS) is 22.4. The number of halogens is 2. The van der Waals surface area contributed by atoms with Crippen LogP contribution in [-0.2, 0) is 14.8 Å². The lowest BCUT2D eigenvalue weighted by molar-refractivity contribution is -0.142. The standard InChI is InChI=1S/C13H15ClFNO4S/c14-11-5-4-9(15)6-12(11)21(19,20)16-7-8-2-1-3-10(8)13(17)18/h4-6,8,10,16H,1-3,7H2,(H,17,18). The molecule has 1 aliphatic carbocycles. The van der Waals surface area contributed by atoms with Crippen LogP contribution in [0, 0.1) is 17.7 Å². The van der Waals surface area contributed by atoms with Crippen LogP contribution in [0.2, 0.25) is 5.02 Å². The fourth-order valence-electron chi connectivity index (χ4n) is 2.58. The van der Waals surface area contributed by atoms with Gasteiger partial charge < -0.3 is 5.11 Å². The summed E-state index contributed by atoms with van der Waals surface area (Å²) in [7, 11) is -3.96. The first-order chi connectivity index (χ1) is 9.81. The van der Waals surface area contributed by atoms with E-state index in [4.69, 9.17) is 16.7 Å². The van der Waals surface area contributed by atoms with Gasteiger partial charge in [0.2, 0.25) is 10.0 Å². The number of carboxylic acids is 1. The van der Waals surface area contributed by atoms with Crippen molar-refractivity contribution < 1.29 is 22.7 Å². The van der Waals surface area contributed by atoms with E-state index in [1.54, 1.807) is 0 Å². The van der Waals surface area contributed by atoms with E-state index in [0.717, 1.165) is 18.6 Å². The number of aliphatic carboxylic acids is 1. The van der Waals surface area contributed by atoms with Crippen molar-refractivity contribution in [3.8, 4) is 0 Å². The van der Waals surface area contributed by atoms with Gasteiger partial charge in [0.1, 0.15) is 10.7 Å². The predicted octanol–water partition coefficient (Wildman–Crippen LogP) is 2.26. The van der Waals surface area contributed by atoms with Crippen LogP contribution in [0.4, 0.5) is 4.39 Å². The van der Waals surface area contributed by atoms with Crippen LogP contribution in [0.15, 0.2) is 23.1 Å². The van der Waals surface area contributed by atoms with E-state index in [2.05, 4.69) is 4.72 Å². The van der Waals surface area contributed by atoms with Gasteiger partial charge in [-0.3, -0.25) is 4.79 Å². The molecule has 0 aliphatic heterocycles. The summed E-state index contributed by atoms with van der Waals surface area (Å²) in [6, 6.07) is 3.08. The molecule has 2 rings (SSSR count). The third kappa shape index (κ3) is 3.72. The van der Waals surface area contributed by atoms with E-state index in [1.165, 1.54) is 6.07 Å². The van der Waals surface area contributed by atoms with Crippen LogP contribution >= 0.6 is 11.6 Å². The smallest absolute Gasteiger partial charge is 0.306 e. The number of nitrogens with one attached hydrogen (secondary N) is 1. The molecule has 0 heterocycles. The first-order valence-electron chi connectivity index (χ1n) is 6.49. The van der Waals surface area contributed by atoms with Gasteiger partial charge in [-0.2, -0.15) is 0 Å². The van der Waals surface area contributed by atoms with Gasteiger partial charge in [-0.1, -0.05) is 18.0 Å². The molecule has 21 heavy (non-hydrogen) atoms. The molecule has 5 nitrogen and oxygen atoms in total. The minimum Gasteiger partial charge on any atom is -0.481 e. The van der Waals surface area contributed by atoms with Crippen LogP contribution in [0.5, 0.6) is 0 Å². The van der Waals surface area contributed by atoms with Crippen molar-refractivity contribution in [2.75, 3.05) is 6.54 Å². The summed E-state index contributed by atoms with van der Waals surface area (Å²) in [6.07, 6.45) is 1.95. The Morgan fingerprint density at radius 3 is 2.81 bits per heavy atom. The van der Waals surface area contributed by atoms with Crippen LogP contribution in [0.1, 0.15) is 19.3 Å². The largest absolute Gasteiger partial charge is 0.481 e. The Hall–Kier alpha value is -1.18. The van der Waals surface area contributed by atoms with Gasteiger partial charge in [0, 0.05) is 6.54 Å². The van der Waals surface area contributed by atoms with Crippen LogP contribution < -0.4 is 4.72 Å². The van der Waals surface area contributed by atoms with E-state index in [9.17, 15) is 17.6 Å². The molecule has 0 radical (unpaired) electrons. The zero-order valence-corrected chi connectivity index (χ0v) is 12.6.